The lowest BCUT2D eigenvalue weighted by atomic mass is 9.52. The Kier molecular flexibility index (Phi) is 4.27. The second kappa shape index (κ2) is 6.65. The van der Waals surface area contributed by atoms with Gasteiger partial charge in [-0.1, -0.05) is 0 Å². The van der Waals surface area contributed by atoms with Crippen molar-refractivity contribution in [2.24, 2.45) is 17.8 Å². The van der Waals surface area contributed by atoms with Gasteiger partial charge in [0, 0.05) is 18.8 Å². The first-order valence-corrected chi connectivity index (χ1v) is 10.8. The molecule has 2 aromatic rings. The second-order valence-corrected chi connectivity index (χ2v) is 9.66. The van der Waals surface area contributed by atoms with Crippen LogP contribution in [0.2, 0.25) is 0 Å². The van der Waals surface area contributed by atoms with Crippen LogP contribution < -0.4 is 0 Å². The molecule has 0 unspecified atom stereocenters. The van der Waals surface area contributed by atoms with E-state index in [-0.39, 0.29) is 23.8 Å². The molecule has 4 bridgehead atoms. The Morgan fingerprint density at radius 1 is 1.20 bits per heavy atom. The zero-order chi connectivity index (χ0) is 21.2. The van der Waals surface area contributed by atoms with Crippen molar-refractivity contribution in [1.29, 1.82) is 0 Å². The number of hydrogen-bond acceptors (Lipinski definition) is 5. The predicted octanol–water partition coefficient (Wildman–Crippen LogP) is 3.15. The van der Waals surface area contributed by atoms with Crippen LogP contribution in [0.15, 0.2) is 12.3 Å². The van der Waals surface area contributed by atoms with Crippen molar-refractivity contribution in [1.82, 2.24) is 24.5 Å². The number of amides is 1. The van der Waals surface area contributed by atoms with Crippen molar-refractivity contribution in [2.45, 2.75) is 64.6 Å². The largest absolute Gasteiger partial charge is 0.335 e. The lowest BCUT2D eigenvalue weighted by Crippen LogP contribution is -2.60. The molecule has 4 fully saturated rings. The number of nitro groups is 1. The van der Waals surface area contributed by atoms with Gasteiger partial charge in [-0.2, -0.15) is 10.2 Å². The molecule has 0 N–H and O–H groups in total. The summed E-state index contributed by atoms with van der Waals surface area (Å²) in [6.07, 6.45) is 9.12. The maximum atomic E-state index is 13.3. The Hall–Kier alpha value is -2.71. The first kappa shape index (κ1) is 19.3. The number of carbonyl (C=O) groups is 1. The van der Waals surface area contributed by atoms with E-state index < -0.39 is 4.92 Å². The molecule has 2 aromatic heterocycles. The Morgan fingerprint density at radius 3 is 2.33 bits per heavy atom. The van der Waals surface area contributed by atoms with Gasteiger partial charge in [-0.3, -0.25) is 19.6 Å². The lowest BCUT2D eigenvalue weighted by molar-refractivity contribution is -0.386. The van der Waals surface area contributed by atoms with Crippen LogP contribution in [0.5, 0.6) is 0 Å². The standard InChI is InChI=1S/C21H28N6O3/c1-13-19(27(29)30)14(2)26(22-13)12-25-5-4-18(23-25)20(28)24(3)21-9-15-6-16(10-21)8-17(7-15)11-21/h4-5,15-17H,6-12H2,1-3H3. The van der Waals surface area contributed by atoms with Gasteiger partial charge in [0.15, 0.2) is 0 Å². The summed E-state index contributed by atoms with van der Waals surface area (Å²) in [7, 11) is 1.94. The van der Waals surface area contributed by atoms with Gasteiger partial charge in [0.05, 0.1) is 4.92 Å². The van der Waals surface area contributed by atoms with E-state index in [2.05, 4.69) is 10.2 Å². The minimum Gasteiger partial charge on any atom is -0.335 e. The number of carbonyl (C=O) groups excluding carboxylic acids is 1. The van der Waals surface area contributed by atoms with E-state index in [9.17, 15) is 14.9 Å². The van der Waals surface area contributed by atoms with E-state index in [0.717, 1.165) is 37.0 Å². The average molecular weight is 412 g/mol. The number of nitrogens with zero attached hydrogens (tertiary/aromatic N) is 6. The van der Waals surface area contributed by atoms with E-state index in [1.54, 1.807) is 35.5 Å². The first-order chi connectivity index (χ1) is 14.3. The van der Waals surface area contributed by atoms with Crippen molar-refractivity contribution in [3.8, 4) is 0 Å². The van der Waals surface area contributed by atoms with Gasteiger partial charge in [-0.05, 0) is 76.2 Å². The fourth-order valence-electron chi connectivity index (χ4n) is 6.64. The maximum absolute atomic E-state index is 13.3. The van der Waals surface area contributed by atoms with Crippen molar-refractivity contribution in [3.63, 3.8) is 0 Å². The van der Waals surface area contributed by atoms with Crippen molar-refractivity contribution < 1.29 is 9.72 Å². The van der Waals surface area contributed by atoms with Crippen molar-refractivity contribution in [3.05, 3.63) is 39.5 Å². The van der Waals surface area contributed by atoms with Gasteiger partial charge in [0.2, 0.25) is 0 Å². The predicted molar refractivity (Wildman–Crippen MR) is 109 cm³/mol. The van der Waals surface area contributed by atoms with Crippen LogP contribution in [0.25, 0.3) is 0 Å². The van der Waals surface area contributed by atoms with Crippen molar-refractivity contribution in [2.75, 3.05) is 7.05 Å². The Bertz CT molecular complexity index is 987. The summed E-state index contributed by atoms with van der Waals surface area (Å²) >= 11 is 0. The summed E-state index contributed by atoms with van der Waals surface area (Å²) in [6.45, 7) is 3.53. The third-order valence-corrected chi connectivity index (χ3v) is 7.69. The molecule has 1 amide bonds. The molecule has 0 radical (unpaired) electrons. The molecule has 4 saturated carbocycles. The summed E-state index contributed by atoms with van der Waals surface area (Å²) < 4.78 is 3.17. The van der Waals surface area contributed by atoms with Crippen LogP contribution in [0.3, 0.4) is 0 Å². The fourth-order valence-corrected chi connectivity index (χ4v) is 6.64. The van der Waals surface area contributed by atoms with E-state index in [1.165, 1.54) is 19.3 Å². The summed E-state index contributed by atoms with van der Waals surface area (Å²) in [5.41, 5.74) is 1.30. The Morgan fingerprint density at radius 2 is 1.80 bits per heavy atom. The maximum Gasteiger partial charge on any atom is 0.312 e. The number of rotatable bonds is 5. The molecule has 9 heteroatoms. The third kappa shape index (κ3) is 2.94. The molecule has 0 spiro atoms. The first-order valence-electron chi connectivity index (χ1n) is 10.8. The van der Waals surface area contributed by atoms with Crippen LogP contribution in [-0.4, -0.2) is 47.9 Å². The van der Waals surface area contributed by atoms with Crippen LogP contribution in [0.4, 0.5) is 5.69 Å². The van der Waals surface area contributed by atoms with E-state index in [1.807, 2.05) is 11.9 Å². The molecule has 0 aromatic carbocycles. The molecular weight excluding hydrogens is 384 g/mol. The average Bonchev–Trinajstić information content (AvgIpc) is 3.24. The highest BCUT2D eigenvalue weighted by atomic mass is 16.6. The monoisotopic (exact) mass is 412 g/mol. The highest BCUT2D eigenvalue weighted by molar-refractivity contribution is 5.92. The zero-order valence-corrected chi connectivity index (χ0v) is 17.7. The van der Waals surface area contributed by atoms with Gasteiger partial charge in [-0.25, -0.2) is 4.68 Å². The molecule has 160 valence electrons. The molecule has 0 saturated heterocycles. The molecule has 0 atom stereocenters. The number of hydrogen-bond donors (Lipinski definition) is 0. The Balaban J connectivity index is 1.34. The molecule has 4 aliphatic carbocycles. The molecule has 9 nitrogen and oxygen atoms in total. The van der Waals surface area contributed by atoms with Crippen LogP contribution >= 0.6 is 0 Å². The third-order valence-electron chi connectivity index (χ3n) is 7.69. The van der Waals surface area contributed by atoms with Crippen LogP contribution in [0.1, 0.15) is 60.4 Å². The van der Waals surface area contributed by atoms with Gasteiger partial charge in [0.25, 0.3) is 5.91 Å². The topological polar surface area (TPSA) is 99.1 Å². The van der Waals surface area contributed by atoms with Crippen LogP contribution in [-0.2, 0) is 6.67 Å². The highest BCUT2D eigenvalue weighted by Gasteiger charge is 2.54. The SMILES string of the molecule is Cc1nn(Cn2ccc(C(=O)N(C)C34CC5CC(CC(C5)C3)C4)n2)c(C)c1[N+](=O)[O-]. The summed E-state index contributed by atoms with van der Waals surface area (Å²) in [5, 5.41) is 20.0. The van der Waals surface area contributed by atoms with Gasteiger partial charge < -0.3 is 4.90 Å². The number of aromatic nitrogens is 4. The smallest absolute Gasteiger partial charge is 0.312 e. The van der Waals surface area contributed by atoms with Crippen molar-refractivity contribution >= 4 is 11.6 Å². The van der Waals surface area contributed by atoms with E-state index >= 15 is 0 Å². The minimum atomic E-state index is -0.410. The van der Waals surface area contributed by atoms with E-state index in [0.29, 0.717) is 17.1 Å². The quantitative estimate of drug-likeness (QED) is 0.555. The highest BCUT2D eigenvalue weighted by Crippen LogP contribution is 2.57. The molecule has 4 aliphatic rings. The Labute approximate surface area is 175 Å². The minimum absolute atomic E-state index is 0.00803. The fraction of sp³-hybridized carbons (Fsp3) is 0.667. The van der Waals surface area contributed by atoms with Gasteiger partial charge in [0.1, 0.15) is 23.8 Å². The zero-order valence-electron chi connectivity index (χ0n) is 17.7. The van der Waals surface area contributed by atoms with Gasteiger partial charge >= 0.3 is 5.69 Å². The molecule has 6 rings (SSSR count). The van der Waals surface area contributed by atoms with E-state index in [4.69, 9.17) is 0 Å². The summed E-state index contributed by atoms with van der Waals surface area (Å²) in [4.78, 5) is 26.1. The normalized spacial score (nSPS) is 29.4. The second-order valence-electron chi connectivity index (χ2n) is 9.66. The number of aryl methyl sites for hydroxylation is 1. The van der Waals surface area contributed by atoms with Crippen LogP contribution in [0, 0.1) is 41.7 Å². The molecule has 30 heavy (non-hydrogen) atoms. The lowest BCUT2D eigenvalue weighted by Gasteiger charge is -2.59. The molecule has 0 aliphatic heterocycles. The molecule has 2 heterocycles. The van der Waals surface area contributed by atoms with Gasteiger partial charge in [-0.15, -0.1) is 0 Å². The summed E-state index contributed by atoms with van der Waals surface area (Å²) in [5.74, 6) is 2.28. The summed E-state index contributed by atoms with van der Waals surface area (Å²) in [6, 6.07) is 1.74. The molecular formula is C21H28N6O3.